The molecule has 3 heterocycles. The van der Waals surface area contributed by atoms with E-state index in [4.69, 9.17) is 4.74 Å². The van der Waals surface area contributed by atoms with Crippen LogP contribution in [-0.4, -0.2) is 83.3 Å². The van der Waals surface area contributed by atoms with Gasteiger partial charge in [-0.05, 0) is 76.2 Å². The molecule has 0 bridgehead atoms. The second-order valence-corrected chi connectivity index (χ2v) is 13.7. The molecule has 2 amide bonds. The maximum absolute atomic E-state index is 13.7. The predicted octanol–water partition coefficient (Wildman–Crippen LogP) is 3.64. The van der Waals surface area contributed by atoms with Gasteiger partial charge in [0, 0.05) is 43.7 Å². The lowest BCUT2D eigenvalue weighted by Gasteiger charge is -2.46. The molecule has 1 saturated carbocycles. The minimum Gasteiger partial charge on any atom is -0.390 e. The molecule has 7 nitrogen and oxygen atoms in total. The quantitative estimate of drug-likeness (QED) is 0.527. The van der Waals surface area contributed by atoms with Crippen molar-refractivity contribution in [2.24, 2.45) is 23.7 Å². The SMILES string of the molecule is CC(C)(C)NC(=O)C1C[C@@H]2CCCC[C@@H]2CN1CC(O)CN1C(=O)C(C2CCOC2)C[C@@H]1Cc1ccccc1. The van der Waals surface area contributed by atoms with Gasteiger partial charge in [-0.15, -0.1) is 0 Å². The Kier molecular flexibility index (Phi) is 8.99. The average Bonchev–Trinajstić information content (AvgIpc) is 3.52. The summed E-state index contributed by atoms with van der Waals surface area (Å²) >= 11 is 0. The van der Waals surface area contributed by atoms with Crippen LogP contribution < -0.4 is 5.32 Å². The molecule has 4 unspecified atom stereocenters. The zero-order valence-electron chi connectivity index (χ0n) is 24.2. The molecule has 1 aromatic rings. The highest BCUT2D eigenvalue weighted by Crippen LogP contribution is 2.39. The number of likely N-dealkylation sites (tertiary alicyclic amines) is 2. The molecule has 39 heavy (non-hydrogen) atoms. The van der Waals surface area contributed by atoms with Crippen LogP contribution in [0.4, 0.5) is 0 Å². The van der Waals surface area contributed by atoms with Gasteiger partial charge in [-0.1, -0.05) is 49.6 Å². The Labute approximate surface area is 234 Å². The van der Waals surface area contributed by atoms with Gasteiger partial charge >= 0.3 is 0 Å². The molecule has 7 atom stereocenters. The number of ether oxygens (including phenoxy) is 1. The largest absolute Gasteiger partial charge is 0.390 e. The van der Waals surface area contributed by atoms with Gasteiger partial charge in [0.1, 0.15) is 0 Å². The van der Waals surface area contributed by atoms with Crippen molar-refractivity contribution in [1.29, 1.82) is 0 Å². The van der Waals surface area contributed by atoms with Gasteiger partial charge in [-0.3, -0.25) is 14.5 Å². The van der Waals surface area contributed by atoms with Gasteiger partial charge in [-0.2, -0.15) is 0 Å². The van der Waals surface area contributed by atoms with Crippen LogP contribution in [0, 0.1) is 23.7 Å². The van der Waals surface area contributed by atoms with Gasteiger partial charge < -0.3 is 20.1 Å². The number of benzene rings is 1. The second kappa shape index (κ2) is 12.3. The number of carbonyl (C=O) groups excluding carboxylic acids is 2. The zero-order chi connectivity index (χ0) is 27.6. The van der Waals surface area contributed by atoms with Gasteiger partial charge in [0.15, 0.2) is 0 Å². The molecule has 3 saturated heterocycles. The topological polar surface area (TPSA) is 82.1 Å². The molecule has 0 radical (unpaired) electrons. The number of nitrogens with zero attached hydrogens (tertiary/aromatic N) is 2. The Hall–Kier alpha value is -1.96. The highest BCUT2D eigenvalue weighted by molar-refractivity contribution is 5.83. The van der Waals surface area contributed by atoms with E-state index in [1.807, 2.05) is 43.9 Å². The van der Waals surface area contributed by atoms with E-state index in [2.05, 4.69) is 22.3 Å². The second-order valence-electron chi connectivity index (χ2n) is 13.7. The lowest BCUT2D eigenvalue weighted by Crippen LogP contribution is -2.59. The first-order valence-electron chi connectivity index (χ1n) is 15.3. The fourth-order valence-electron chi connectivity index (χ4n) is 7.68. The zero-order valence-corrected chi connectivity index (χ0v) is 24.2. The van der Waals surface area contributed by atoms with Gasteiger partial charge in [0.25, 0.3) is 0 Å². The smallest absolute Gasteiger partial charge is 0.237 e. The number of carbonyl (C=O) groups is 2. The van der Waals surface area contributed by atoms with E-state index in [1.54, 1.807) is 0 Å². The number of piperidine rings is 1. The number of rotatable bonds is 8. The summed E-state index contributed by atoms with van der Waals surface area (Å²) in [6.07, 6.45) is 7.64. The molecule has 5 rings (SSSR count). The summed E-state index contributed by atoms with van der Waals surface area (Å²) in [7, 11) is 0. The van der Waals surface area contributed by atoms with E-state index in [0.29, 0.717) is 31.5 Å². The number of fused-ring (bicyclic) bond motifs is 1. The third-order valence-corrected chi connectivity index (χ3v) is 9.57. The van der Waals surface area contributed by atoms with Crippen molar-refractivity contribution in [3.05, 3.63) is 35.9 Å². The van der Waals surface area contributed by atoms with Crippen LogP contribution in [0.15, 0.2) is 30.3 Å². The maximum Gasteiger partial charge on any atom is 0.237 e. The predicted molar refractivity (Wildman–Crippen MR) is 152 cm³/mol. The van der Waals surface area contributed by atoms with Crippen LogP contribution in [0.2, 0.25) is 0 Å². The van der Waals surface area contributed by atoms with Crippen molar-refractivity contribution >= 4 is 11.8 Å². The van der Waals surface area contributed by atoms with E-state index in [9.17, 15) is 14.7 Å². The normalized spacial score (nSPS) is 32.7. The van der Waals surface area contributed by atoms with Gasteiger partial charge in [-0.25, -0.2) is 0 Å². The Morgan fingerprint density at radius 3 is 2.49 bits per heavy atom. The number of nitrogens with one attached hydrogen (secondary N) is 1. The van der Waals surface area contributed by atoms with Crippen LogP contribution >= 0.6 is 0 Å². The average molecular weight is 540 g/mol. The van der Waals surface area contributed by atoms with Gasteiger partial charge in [0.05, 0.1) is 18.8 Å². The van der Waals surface area contributed by atoms with Crippen LogP contribution in [0.25, 0.3) is 0 Å². The van der Waals surface area contributed by atoms with Crippen LogP contribution in [0.3, 0.4) is 0 Å². The molecule has 1 aromatic carbocycles. The number of β-amino-alcohol motifs (C(OH)–C–C–N with tert-alkyl or cyclic N) is 1. The highest BCUT2D eigenvalue weighted by atomic mass is 16.5. The highest BCUT2D eigenvalue weighted by Gasteiger charge is 2.46. The number of hydrogen-bond donors (Lipinski definition) is 2. The number of hydrogen-bond acceptors (Lipinski definition) is 5. The van der Waals surface area contributed by atoms with Crippen molar-refractivity contribution in [2.75, 3.05) is 32.8 Å². The van der Waals surface area contributed by atoms with E-state index in [0.717, 1.165) is 38.8 Å². The van der Waals surface area contributed by atoms with Crippen LogP contribution in [0.5, 0.6) is 0 Å². The molecule has 1 aliphatic carbocycles. The molecule has 3 aliphatic heterocycles. The Morgan fingerprint density at radius 2 is 1.79 bits per heavy atom. The summed E-state index contributed by atoms with van der Waals surface area (Å²) < 4.78 is 5.64. The third-order valence-electron chi connectivity index (χ3n) is 9.57. The minimum atomic E-state index is -0.698. The lowest BCUT2D eigenvalue weighted by atomic mass is 9.72. The molecular formula is C32H49N3O4. The molecule has 4 aliphatic rings. The van der Waals surface area contributed by atoms with Crippen LogP contribution in [-0.2, 0) is 20.7 Å². The molecule has 7 heteroatoms. The fourth-order valence-corrected chi connectivity index (χ4v) is 7.68. The molecule has 0 spiro atoms. The Balaban J connectivity index is 1.29. The fraction of sp³-hybridized carbons (Fsp3) is 0.750. The summed E-state index contributed by atoms with van der Waals surface area (Å²) in [4.78, 5) is 31.3. The first-order valence-corrected chi connectivity index (χ1v) is 15.3. The van der Waals surface area contributed by atoms with Crippen molar-refractivity contribution in [2.45, 2.75) is 95.9 Å². The summed E-state index contributed by atoms with van der Waals surface area (Å²) in [5.74, 6) is 1.66. The van der Waals surface area contributed by atoms with Gasteiger partial charge in [0.2, 0.25) is 11.8 Å². The number of amides is 2. The third kappa shape index (κ3) is 7.04. The molecule has 2 N–H and O–H groups in total. The first-order chi connectivity index (χ1) is 18.7. The van der Waals surface area contributed by atoms with Crippen molar-refractivity contribution in [3.8, 4) is 0 Å². The lowest BCUT2D eigenvalue weighted by molar-refractivity contribution is -0.137. The number of aliphatic hydroxyl groups is 1. The number of aliphatic hydroxyl groups excluding tert-OH is 1. The van der Waals surface area contributed by atoms with E-state index in [-0.39, 0.29) is 41.3 Å². The molecule has 0 aromatic heterocycles. The standard InChI is InChI=1S/C32H49N3O4/c1-32(2,3)33-30(37)29-16-23-11-7-8-12-24(23)18-34(29)19-27(36)20-35-26(15-22-9-5-4-6-10-22)17-28(31(35)38)25-13-14-39-21-25/h4-6,9-10,23-29,36H,7-8,11-21H2,1-3H3,(H,33,37)/t23-,24+,25?,26-,27?,28?,29?/m0/s1. The van der Waals surface area contributed by atoms with E-state index in [1.165, 1.54) is 31.2 Å². The summed E-state index contributed by atoms with van der Waals surface area (Å²) in [6.45, 7) is 9.05. The maximum atomic E-state index is 13.7. The summed E-state index contributed by atoms with van der Waals surface area (Å²) in [5, 5.41) is 14.7. The van der Waals surface area contributed by atoms with E-state index >= 15 is 0 Å². The summed E-state index contributed by atoms with van der Waals surface area (Å²) in [6, 6.07) is 10.2. The summed E-state index contributed by atoms with van der Waals surface area (Å²) in [5.41, 5.74) is 0.924. The van der Waals surface area contributed by atoms with Crippen molar-refractivity contribution < 1.29 is 19.4 Å². The minimum absolute atomic E-state index is 0.0308. The monoisotopic (exact) mass is 539 g/mol. The Bertz CT molecular complexity index is 973. The molecule has 216 valence electrons. The molecular weight excluding hydrogens is 490 g/mol. The van der Waals surface area contributed by atoms with E-state index < -0.39 is 6.10 Å². The van der Waals surface area contributed by atoms with Crippen LogP contribution in [0.1, 0.15) is 71.3 Å². The first kappa shape index (κ1) is 28.6. The molecule has 4 fully saturated rings. The Morgan fingerprint density at radius 1 is 1.05 bits per heavy atom. The van der Waals surface area contributed by atoms with Crippen molar-refractivity contribution in [1.82, 2.24) is 15.1 Å². The van der Waals surface area contributed by atoms with Crippen molar-refractivity contribution in [3.63, 3.8) is 0 Å².